The van der Waals surface area contributed by atoms with Crippen LogP contribution in [-0.4, -0.2) is 45.0 Å². The van der Waals surface area contributed by atoms with Gasteiger partial charge in [0.2, 0.25) is 0 Å². The lowest BCUT2D eigenvalue weighted by molar-refractivity contribution is -0.384. The predicted molar refractivity (Wildman–Crippen MR) is 122 cm³/mol. The van der Waals surface area contributed by atoms with Crippen LogP contribution in [0.1, 0.15) is 40.0 Å². The number of hydrogen-bond donors (Lipinski definition) is 0. The van der Waals surface area contributed by atoms with Crippen molar-refractivity contribution in [2.24, 2.45) is 23.7 Å². The maximum Gasteiger partial charge on any atom is 0.273 e. The highest BCUT2D eigenvalue weighted by molar-refractivity contribution is 9.10. The van der Waals surface area contributed by atoms with E-state index in [1.54, 1.807) is 24.3 Å². The van der Waals surface area contributed by atoms with E-state index < -0.39 is 46.8 Å². The molecule has 0 N–H and O–H groups in total. The third kappa shape index (κ3) is 3.62. The molecule has 3 amide bonds. The number of fused-ring (bicyclic) bond motifs is 5. The number of imide groups is 1. The van der Waals surface area contributed by atoms with Gasteiger partial charge in [-0.05, 0) is 55.4 Å². The molecule has 9 nitrogen and oxygen atoms in total. The first kappa shape index (κ1) is 22.4. The molecule has 174 valence electrons. The lowest BCUT2D eigenvalue weighted by atomic mass is 9.81. The SMILES string of the molecule is O=C(CN(C(=O)c1ccc([N+](=O)[O-])cc1)N1C(=O)[C@H]2[C@H]3CC[C@@H](C3)[C@@H]2C1=O)c1ccc(Br)cc1. The van der Waals surface area contributed by atoms with E-state index >= 15 is 0 Å². The molecule has 2 aromatic rings. The van der Waals surface area contributed by atoms with Crippen LogP contribution in [0.2, 0.25) is 0 Å². The highest BCUT2D eigenvalue weighted by atomic mass is 79.9. The van der Waals surface area contributed by atoms with Crippen molar-refractivity contribution in [1.82, 2.24) is 10.0 Å². The molecule has 1 saturated heterocycles. The van der Waals surface area contributed by atoms with Crippen LogP contribution in [0.4, 0.5) is 5.69 Å². The van der Waals surface area contributed by atoms with Gasteiger partial charge >= 0.3 is 0 Å². The number of rotatable bonds is 6. The standard InChI is InChI=1S/C24H20BrN3O6/c25-17-7-3-13(4-8-17)19(29)12-26(22(30)14-5-9-18(10-6-14)28(33)34)27-23(31)20-15-1-2-16(11-15)21(20)24(27)32/h3-10,15-16,20-21H,1-2,11-12H2/t15-,16-,20-,21-/m0/s1. The molecule has 0 aromatic heterocycles. The maximum absolute atomic E-state index is 13.5. The molecule has 34 heavy (non-hydrogen) atoms. The van der Waals surface area contributed by atoms with Crippen LogP contribution in [0.5, 0.6) is 0 Å². The topological polar surface area (TPSA) is 118 Å². The van der Waals surface area contributed by atoms with Crippen LogP contribution < -0.4 is 0 Å². The van der Waals surface area contributed by atoms with Crippen LogP contribution >= 0.6 is 15.9 Å². The minimum atomic E-state index is -0.741. The average Bonchev–Trinajstić information content (AvgIpc) is 3.51. The Morgan fingerprint density at radius 3 is 2.00 bits per heavy atom. The number of non-ortho nitro benzene ring substituents is 1. The molecule has 0 radical (unpaired) electrons. The summed E-state index contributed by atoms with van der Waals surface area (Å²) >= 11 is 3.31. The zero-order valence-electron chi connectivity index (χ0n) is 17.9. The summed E-state index contributed by atoms with van der Waals surface area (Å²) in [7, 11) is 0. The molecule has 4 atom stereocenters. The molecule has 1 heterocycles. The number of nitro groups is 1. The lowest BCUT2D eigenvalue weighted by Crippen LogP contribution is -2.52. The highest BCUT2D eigenvalue weighted by Crippen LogP contribution is 2.56. The van der Waals surface area contributed by atoms with Gasteiger partial charge in [0.25, 0.3) is 23.4 Å². The summed E-state index contributed by atoms with van der Waals surface area (Å²) in [5.41, 5.74) is 0.160. The minimum Gasteiger partial charge on any atom is -0.292 e. The van der Waals surface area contributed by atoms with E-state index in [-0.39, 0.29) is 23.1 Å². The molecule has 10 heteroatoms. The van der Waals surface area contributed by atoms with E-state index in [0.29, 0.717) is 5.56 Å². The number of Topliss-reactive ketones (excluding diaryl/α,β-unsaturated/α-hetero) is 1. The molecular weight excluding hydrogens is 506 g/mol. The Labute approximate surface area is 203 Å². The van der Waals surface area contributed by atoms with Gasteiger partial charge in [-0.1, -0.05) is 28.1 Å². The van der Waals surface area contributed by atoms with Crippen molar-refractivity contribution in [1.29, 1.82) is 0 Å². The van der Waals surface area contributed by atoms with Crippen LogP contribution in [-0.2, 0) is 9.59 Å². The number of ketones is 1. The normalized spacial score (nSPS) is 24.9. The molecule has 2 aliphatic carbocycles. The fourth-order valence-electron chi connectivity index (χ4n) is 5.60. The van der Waals surface area contributed by atoms with Crippen LogP contribution in [0, 0.1) is 33.8 Å². The van der Waals surface area contributed by atoms with Crippen molar-refractivity contribution >= 4 is 45.1 Å². The van der Waals surface area contributed by atoms with Gasteiger partial charge < -0.3 is 0 Å². The van der Waals surface area contributed by atoms with Crippen LogP contribution in [0.25, 0.3) is 0 Å². The summed E-state index contributed by atoms with van der Waals surface area (Å²) in [5, 5.41) is 12.8. The average molecular weight is 526 g/mol. The van der Waals surface area contributed by atoms with Crippen molar-refractivity contribution in [3.05, 3.63) is 74.2 Å². The van der Waals surface area contributed by atoms with Gasteiger partial charge in [-0.15, -0.1) is 0 Å². The Morgan fingerprint density at radius 1 is 0.941 bits per heavy atom. The van der Waals surface area contributed by atoms with Crippen molar-refractivity contribution in [2.75, 3.05) is 6.54 Å². The number of halogens is 1. The molecule has 1 aliphatic heterocycles. The second-order valence-corrected chi connectivity index (χ2v) is 9.89. The second-order valence-electron chi connectivity index (χ2n) is 8.97. The number of carbonyl (C=O) groups is 4. The minimum absolute atomic E-state index is 0.0369. The maximum atomic E-state index is 13.5. The fourth-order valence-corrected chi connectivity index (χ4v) is 5.87. The molecule has 3 fully saturated rings. The van der Waals surface area contributed by atoms with E-state index in [4.69, 9.17) is 0 Å². The summed E-state index contributed by atoms with van der Waals surface area (Å²) in [6, 6.07) is 11.4. The molecule has 2 saturated carbocycles. The van der Waals surface area contributed by atoms with Gasteiger partial charge in [0.05, 0.1) is 16.8 Å². The zero-order valence-corrected chi connectivity index (χ0v) is 19.5. The van der Waals surface area contributed by atoms with E-state index in [0.717, 1.165) is 33.8 Å². The molecule has 3 aliphatic rings. The summed E-state index contributed by atoms with van der Waals surface area (Å²) < 4.78 is 0.774. The number of nitro benzene ring substituents is 1. The second kappa shape index (κ2) is 8.43. The van der Waals surface area contributed by atoms with E-state index in [1.807, 2.05) is 0 Å². The van der Waals surface area contributed by atoms with Gasteiger partial charge in [-0.2, -0.15) is 5.01 Å². The Balaban J connectivity index is 1.49. The zero-order chi connectivity index (χ0) is 24.1. The Hall–Kier alpha value is -3.40. The number of amides is 3. The number of hydrazine groups is 1. The predicted octanol–water partition coefficient (Wildman–Crippen LogP) is 3.63. The van der Waals surface area contributed by atoms with E-state index in [9.17, 15) is 29.3 Å². The van der Waals surface area contributed by atoms with E-state index in [1.165, 1.54) is 24.3 Å². The van der Waals surface area contributed by atoms with Gasteiger partial charge in [-0.25, -0.2) is 5.01 Å². The van der Waals surface area contributed by atoms with Gasteiger partial charge in [0.1, 0.15) is 6.54 Å². The first-order chi connectivity index (χ1) is 16.3. The summed E-state index contributed by atoms with van der Waals surface area (Å²) in [5.74, 6) is -2.74. The van der Waals surface area contributed by atoms with Crippen molar-refractivity contribution in [2.45, 2.75) is 19.3 Å². The first-order valence-corrected chi connectivity index (χ1v) is 11.8. The largest absolute Gasteiger partial charge is 0.292 e. The molecule has 5 rings (SSSR count). The Morgan fingerprint density at radius 2 is 1.47 bits per heavy atom. The molecule has 0 unspecified atom stereocenters. The van der Waals surface area contributed by atoms with Crippen molar-refractivity contribution < 1.29 is 24.1 Å². The molecule has 0 spiro atoms. The summed E-state index contributed by atoms with van der Waals surface area (Å²) in [6.45, 7) is -0.510. The van der Waals surface area contributed by atoms with Gasteiger partial charge in [0.15, 0.2) is 5.78 Å². The quantitative estimate of drug-likeness (QED) is 0.246. The smallest absolute Gasteiger partial charge is 0.273 e. The van der Waals surface area contributed by atoms with Crippen LogP contribution in [0.3, 0.4) is 0 Å². The monoisotopic (exact) mass is 525 g/mol. The number of hydrogen-bond acceptors (Lipinski definition) is 6. The third-order valence-corrected chi connectivity index (χ3v) is 7.69. The number of benzene rings is 2. The van der Waals surface area contributed by atoms with Crippen molar-refractivity contribution in [3.63, 3.8) is 0 Å². The van der Waals surface area contributed by atoms with Crippen molar-refractivity contribution in [3.8, 4) is 0 Å². The Bertz CT molecular complexity index is 1180. The molecular formula is C24H20BrN3O6. The molecule has 2 bridgehead atoms. The summed E-state index contributed by atoms with van der Waals surface area (Å²) in [4.78, 5) is 63.7. The number of carbonyl (C=O) groups excluding carboxylic acids is 4. The van der Waals surface area contributed by atoms with Gasteiger partial charge in [0, 0.05) is 27.7 Å². The highest BCUT2D eigenvalue weighted by Gasteiger charge is 2.62. The Kier molecular flexibility index (Phi) is 5.55. The summed E-state index contributed by atoms with van der Waals surface area (Å²) in [6.07, 6.45) is 2.61. The number of nitrogens with zero attached hydrogens (tertiary/aromatic N) is 3. The molecule has 2 aromatic carbocycles. The van der Waals surface area contributed by atoms with Gasteiger partial charge in [-0.3, -0.25) is 29.3 Å². The van der Waals surface area contributed by atoms with Crippen LogP contribution in [0.15, 0.2) is 53.0 Å². The van der Waals surface area contributed by atoms with E-state index in [2.05, 4.69) is 15.9 Å². The lowest BCUT2D eigenvalue weighted by Gasteiger charge is -2.30. The third-order valence-electron chi connectivity index (χ3n) is 7.16. The first-order valence-electron chi connectivity index (χ1n) is 11.0. The fraction of sp³-hybridized carbons (Fsp3) is 0.333.